The van der Waals surface area contributed by atoms with E-state index in [-0.39, 0.29) is 11.9 Å². The van der Waals surface area contributed by atoms with Crippen LogP contribution in [0.4, 0.5) is 10.5 Å². The van der Waals surface area contributed by atoms with Gasteiger partial charge in [0.2, 0.25) is 0 Å². The smallest absolute Gasteiger partial charge is 0.321 e. The summed E-state index contributed by atoms with van der Waals surface area (Å²) in [6.45, 7) is 5.13. The first kappa shape index (κ1) is 18.5. The number of urea groups is 1. The molecule has 2 N–H and O–H groups in total. The fourth-order valence-electron chi connectivity index (χ4n) is 2.60. The molecule has 0 fully saturated rings. The summed E-state index contributed by atoms with van der Waals surface area (Å²) < 4.78 is 0. The maximum absolute atomic E-state index is 12.5. The third-order valence-corrected chi connectivity index (χ3v) is 4.14. The predicted octanol–water partition coefficient (Wildman–Crippen LogP) is 3.45. The van der Waals surface area contributed by atoms with Crippen LogP contribution in [-0.4, -0.2) is 37.0 Å². The Bertz CT molecular complexity index is 729. The minimum Gasteiger partial charge on any atom is -0.355 e. The number of likely N-dealkylation sites (N-methyl/N-ethyl adjacent to an activating group) is 1. The van der Waals surface area contributed by atoms with Crippen molar-refractivity contribution < 1.29 is 9.59 Å². The molecule has 0 aliphatic rings. The van der Waals surface area contributed by atoms with E-state index < -0.39 is 0 Å². The van der Waals surface area contributed by atoms with E-state index >= 15 is 0 Å². The van der Waals surface area contributed by atoms with Gasteiger partial charge < -0.3 is 15.5 Å². The lowest BCUT2D eigenvalue weighted by Crippen LogP contribution is -2.36. The lowest BCUT2D eigenvalue weighted by atomic mass is 10.1. The summed E-state index contributed by atoms with van der Waals surface area (Å²) in [4.78, 5) is 26.0. The molecule has 0 saturated heterocycles. The van der Waals surface area contributed by atoms with Gasteiger partial charge in [-0.15, -0.1) is 0 Å². The van der Waals surface area contributed by atoms with Crippen LogP contribution in [0.1, 0.15) is 28.4 Å². The molecule has 0 aliphatic carbocycles. The minimum absolute atomic E-state index is 0.130. The molecule has 0 heterocycles. The number of carbonyl (C=O) groups is 2. The van der Waals surface area contributed by atoms with Crippen molar-refractivity contribution in [1.29, 1.82) is 0 Å². The van der Waals surface area contributed by atoms with E-state index in [1.807, 2.05) is 32.0 Å². The summed E-state index contributed by atoms with van der Waals surface area (Å²) in [5.74, 6) is -0.140. The van der Waals surface area contributed by atoms with Crippen molar-refractivity contribution in [2.45, 2.75) is 20.3 Å². The third-order valence-electron chi connectivity index (χ3n) is 4.14. The van der Waals surface area contributed by atoms with Crippen LogP contribution in [0.5, 0.6) is 0 Å². The van der Waals surface area contributed by atoms with Crippen LogP contribution in [0.25, 0.3) is 0 Å². The Hall–Kier alpha value is -2.82. The molecule has 0 radical (unpaired) electrons. The Morgan fingerprint density at radius 1 is 1.08 bits per heavy atom. The van der Waals surface area contributed by atoms with Gasteiger partial charge in [0.1, 0.15) is 0 Å². The highest BCUT2D eigenvalue weighted by molar-refractivity contribution is 5.96. The number of nitrogens with zero attached hydrogens (tertiary/aromatic N) is 1. The highest BCUT2D eigenvalue weighted by Crippen LogP contribution is 2.17. The van der Waals surface area contributed by atoms with Crippen LogP contribution in [-0.2, 0) is 6.42 Å². The van der Waals surface area contributed by atoms with Gasteiger partial charge in [0.15, 0.2) is 0 Å². The quantitative estimate of drug-likeness (QED) is 0.847. The monoisotopic (exact) mass is 339 g/mol. The van der Waals surface area contributed by atoms with Crippen LogP contribution in [0, 0.1) is 6.92 Å². The maximum Gasteiger partial charge on any atom is 0.321 e. The van der Waals surface area contributed by atoms with Crippen molar-refractivity contribution in [3.8, 4) is 0 Å². The molecule has 0 bridgehead atoms. The van der Waals surface area contributed by atoms with Crippen molar-refractivity contribution in [3.63, 3.8) is 0 Å². The molecule has 0 saturated carbocycles. The first-order valence-corrected chi connectivity index (χ1v) is 8.47. The van der Waals surface area contributed by atoms with Gasteiger partial charge >= 0.3 is 6.03 Å². The van der Waals surface area contributed by atoms with E-state index in [1.165, 1.54) is 5.56 Å². The van der Waals surface area contributed by atoms with Crippen molar-refractivity contribution in [1.82, 2.24) is 10.2 Å². The number of aryl methyl sites for hydroxylation is 1. The molecule has 5 heteroatoms. The zero-order valence-corrected chi connectivity index (χ0v) is 15.0. The Labute approximate surface area is 149 Å². The number of amides is 3. The van der Waals surface area contributed by atoms with Gasteiger partial charge in [-0.3, -0.25) is 4.79 Å². The summed E-state index contributed by atoms with van der Waals surface area (Å²) in [5, 5.41) is 5.53. The highest BCUT2D eigenvalue weighted by Gasteiger charge is 2.13. The van der Waals surface area contributed by atoms with Crippen LogP contribution in [0.15, 0.2) is 48.5 Å². The molecular formula is C20H25N3O2. The second kappa shape index (κ2) is 8.87. The van der Waals surface area contributed by atoms with Crippen molar-refractivity contribution >= 4 is 17.6 Å². The number of benzene rings is 2. The highest BCUT2D eigenvalue weighted by atomic mass is 16.2. The number of anilines is 1. The zero-order chi connectivity index (χ0) is 18.2. The number of hydrogen-bond donors (Lipinski definition) is 2. The molecule has 0 aromatic heterocycles. The standard InChI is InChI=1S/C20H25N3O2/c1-4-23(13-12-16-8-6-5-7-9-16)20(25)22-18-11-10-17(14-15(18)2)19(24)21-3/h5-11,14H,4,12-13H2,1-3H3,(H,21,24)(H,22,25). The Kier molecular flexibility index (Phi) is 6.57. The number of carbonyl (C=O) groups excluding carboxylic acids is 2. The number of rotatable bonds is 6. The minimum atomic E-state index is -0.140. The molecule has 2 aromatic carbocycles. The van der Waals surface area contributed by atoms with E-state index in [4.69, 9.17) is 0 Å². The maximum atomic E-state index is 12.5. The van der Waals surface area contributed by atoms with Crippen LogP contribution < -0.4 is 10.6 Å². The fourth-order valence-corrected chi connectivity index (χ4v) is 2.60. The first-order chi connectivity index (χ1) is 12.0. The average Bonchev–Trinajstić information content (AvgIpc) is 2.64. The number of hydrogen-bond acceptors (Lipinski definition) is 2. The molecule has 0 spiro atoms. The lowest BCUT2D eigenvalue weighted by Gasteiger charge is -2.22. The Morgan fingerprint density at radius 2 is 1.80 bits per heavy atom. The SMILES string of the molecule is CCN(CCc1ccccc1)C(=O)Nc1ccc(C(=O)NC)cc1C. The normalized spacial score (nSPS) is 10.2. The molecule has 3 amide bonds. The number of nitrogens with one attached hydrogen (secondary N) is 2. The van der Waals surface area contributed by atoms with Gasteiger partial charge in [0.25, 0.3) is 5.91 Å². The van der Waals surface area contributed by atoms with Crippen LogP contribution >= 0.6 is 0 Å². The second-order valence-electron chi connectivity index (χ2n) is 5.85. The Morgan fingerprint density at radius 3 is 2.40 bits per heavy atom. The molecular weight excluding hydrogens is 314 g/mol. The third kappa shape index (κ3) is 5.08. The van der Waals surface area contributed by atoms with E-state index in [9.17, 15) is 9.59 Å². The largest absolute Gasteiger partial charge is 0.355 e. The lowest BCUT2D eigenvalue weighted by molar-refractivity contribution is 0.0963. The predicted molar refractivity (Wildman–Crippen MR) is 101 cm³/mol. The summed E-state index contributed by atoms with van der Waals surface area (Å²) >= 11 is 0. The summed E-state index contributed by atoms with van der Waals surface area (Å²) in [7, 11) is 1.60. The molecule has 5 nitrogen and oxygen atoms in total. The first-order valence-electron chi connectivity index (χ1n) is 8.47. The zero-order valence-electron chi connectivity index (χ0n) is 15.0. The van der Waals surface area contributed by atoms with Crippen molar-refractivity contribution in [3.05, 3.63) is 65.2 Å². The van der Waals surface area contributed by atoms with Gasteiger partial charge in [-0.05, 0) is 49.6 Å². The molecule has 0 unspecified atom stereocenters. The van der Waals surface area contributed by atoms with Gasteiger partial charge in [-0.2, -0.15) is 0 Å². The van der Waals surface area contributed by atoms with E-state index in [2.05, 4.69) is 22.8 Å². The molecule has 2 aromatic rings. The van der Waals surface area contributed by atoms with Crippen molar-refractivity contribution in [2.24, 2.45) is 0 Å². The van der Waals surface area contributed by atoms with E-state index in [0.717, 1.165) is 17.7 Å². The van der Waals surface area contributed by atoms with Gasteiger partial charge in [-0.25, -0.2) is 4.79 Å². The van der Waals surface area contributed by atoms with E-state index in [1.54, 1.807) is 30.1 Å². The van der Waals surface area contributed by atoms with Gasteiger partial charge in [0.05, 0.1) is 0 Å². The fraction of sp³-hybridized carbons (Fsp3) is 0.300. The summed E-state index contributed by atoms with van der Waals surface area (Å²) in [5.41, 5.74) is 3.36. The average molecular weight is 339 g/mol. The van der Waals surface area contributed by atoms with E-state index in [0.29, 0.717) is 18.7 Å². The van der Waals surface area contributed by atoms with Crippen LogP contribution in [0.2, 0.25) is 0 Å². The van der Waals surface area contributed by atoms with Gasteiger partial charge in [-0.1, -0.05) is 30.3 Å². The topological polar surface area (TPSA) is 61.4 Å². The summed E-state index contributed by atoms with van der Waals surface area (Å²) in [6, 6.07) is 15.2. The summed E-state index contributed by atoms with van der Waals surface area (Å²) in [6.07, 6.45) is 0.816. The molecule has 25 heavy (non-hydrogen) atoms. The van der Waals surface area contributed by atoms with Crippen molar-refractivity contribution in [2.75, 3.05) is 25.5 Å². The molecule has 2 rings (SSSR count). The molecule has 132 valence electrons. The Balaban J connectivity index is 2.00. The molecule has 0 atom stereocenters. The van der Waals surface area contributed by atoms with Crippen LogP contribution in [0.3, 0.4) is 0 Å². The van der Waals surface area contributed by atoms with Gasteiger partial charge in [0, 0.05) is 31.4 Å². The second-order valence-corrected chi connectivity index (χ2v) is 5.85. The molecule has 0 aliphatic heterocycles.